The van der Waals surface area contributed by atoms with E-state index in [0.717, 1.165) is 5.56 Å². The molecule has 0 amide bonds. The van der Waals surface area contributed by atoms with Crippen LogP contribution in [0.1, 0.15) is 5.56 Å². The Morgan fingerprint density at radius 3 is 2.32 bits per heavy atom. The molecule has 1 aromatic heterocycles. The van der Waals surface area contributed by atoms with Gasteiger partial charge in [0.2, 0.25) is 0 Å². The molecule has 0 aliphatic rings. The molecule has 2 aromatic rings. The van der Waals surface area contributed by atoms with E-state index in [1.807, 2.05) is 6.92 Å². The topological polar surface area (TPSA) is 62.3 Å². The van der Waals surface area contributed by atoms with Gasteiger partial charge >= 0.3 is 0 Å². The van der Waals surface area contributed by atoms with Crippen LogP contribution in [0, 0.1) is 12.7 Å². The van der Waals surface area contributed by atoms with Crippen LogP contribution in [0.3, 0.4) is 0 Å². The number of nitrogens with zero attached hydrogens (tertiary/aromatic N) is 2. The molecular weight excluding hydrogens is 249 g/mol. The smallest absolute Gasteiger partial charge is 0.197 e. The summed E-state index contributed by atoms with van der Waals surface area (Å²) in [6, 6.07) is 3.28. The first-order chi connectivity index (χ1) is 8.99. The fourth-order valence-corrected chi connectivity index (χ4v) is 1.98. The van der Waals surface area contributed by atoms with Crippen LogP contribution in [0.4, 0.5) is 10.2 Å². The van der Waals surface area contributed by atoms with Gasteiger partial charge in [-0.05, 0) is 18.6 Å². The maximum atomic E-state index is 14.4. The number of aryl methyl sites for hydroxylation is 2. The van der Waals surface area contributed by atoms with Gasteiger partial charge in [0.05, 0.1) is 19.9 Å². The summed E-state index contributed by atoms with van der Waals surface area (Å²) in [6.07, 6.45) is 0. The van der Waals surface area contributed by atoms with E-state index in [-0.39, 0.29) is 5.75 Å². The number of hydrogen-bond donors (Lipinski definition) is 1. The molecule has 19 heavy (non-hydrogen) atoms. The van der Waals surface area contributed by atoms with Crippen LogP contribution in [-0.2, 0) is 7.05 Å². The molecule has 0 aliphatic carbocycles. The van der Waals surface area contributed by atoms with Gasteiger partial charge in [0.15, 0.2) is 17.3 Å². The molecule has 2 rings (SSSR count). The Hall–Kier alpha value is -2.24. The quantitative estimate of drug-likeness (QED) is 0.923. The lowest BCUT2D eigenvalue weighted by Crippen LogP contribution is -1.99. The van der Waals surface area contributed by atoms with Crippen molar-refractivity contribution in [1.29, 1.82) is 0 Å². The second-order valence-corrected chi connectivity index (χ2v) is 4.20. The third-order valence-corrected chi connectivity index (χ3v) is 2.96. The van der Waals surface area contributed by atoms with Crippen LogP contribution < -0.4 is 15.2 Å². The summed E-state index contributed by atoms with van der Waals surface area (Å²) in [7, 11) is 4.57. The standard InChI is InChI=1S/C13H16FN3O2/c1-7-5-8(9-6-10(15)17(2)16-9)11(14)13(19-4)12(7)18-3/h5-6H,15H2,1-4H3. The lowest BCUT2D eigenvalue weighted by molar-refractivity contribution is 0.336. The summed E-state index contributed by atoms with van der Waals surface area (Å²) in [6.45, 7) is 1.82. The first-order valence-electron chi connectivity index (χ1n) is 5.70. The zero-order valence-corrected chi connectivity index (χ0v) is 11.3. The molecule has 5 nitrogen and oxygen atoms in total. The fourth-order valence-electron chi connectivity index (χ4n) is 1.98. The van der Waals surface area contributed by atoms with E-state index in [4.69, 9.17) is 15.2 Å². The van der Waals surface area contributed by atoms with E-state index in [9.17, 15) is 4.39 Å². The largest absolute Gasteiger partial charge is 0.492 e. The first-order valence-corrected chi connectivity index (χ1v) is 5.70. The Kier molecular flexibility index (Phi) is 3.33. The zero-order valence-electron chi connectivity index (χ0n) is 11.3. The summed E-state index contributed by atoms with van der Waals surface area (Å²) in [5.41, 5.74) is 7.27. The highest BCUT2D eigenvalue weighted by Crippen LogP contribution is 2.39. The van der Waals surface area contributed by atoms with Crippen molar-refractivity contribution in [1.82, 2.24) is 9.78 Å². The molecule has 0 aliphatic heterocycles. The highest BCUT2D eigenvalue weighted by atomic mass is 19.1. The summed E-state index contributed by atoms with van der Waals surface area (Å²) in [4.78, 5) is 0. The van der Waals surface area contributed by atoms with E-state index in [1.54, 1.807) is 19.2 Å². The number of nitrogens with two attached hydrogens (primary N) is 1. The van der Waals surface area contributed by atoms with Crippen molar-refractivity contribution in [3.8, 4) is 22.8 Å². The lowest BCUT2D eigenvalue weighted by Gasteiger charge is -2.13. The molecule has 0 saturated heterocycles. The number of benzene rings is 1. The van der Waals surface area contributed by atoms with Crippen LogP contribution in [0.25, 0.3) is 11.3 Å². The highest BCUT2D eigenvalue weighted by molar-refractivity contribution is 5.69. The Morgan fingerprint density at radius 1 is 1.21 bits per heavy atom. The number of nitrogen functional groups attached to an aromatic ring is 1. The van der Waals surface area contributed by atoms with Crippen LogP contribution in [0.5, 0.6) is 11.5 Å². The van der Waals surface area contributed by atoms with Gasteiger partial charge in [-0.1, -0.05) is 0 Å². The van der Waals surface area contributed by atoms with Gasteiger partial charge in [0, 0.05) is 18.7 Å². The van der Waals surface area contributed by atoms with E-state index >= 15 is 0 Å². The Labute approximate surface area is 110 Å². The maximum Gasteiger partial charge on any atom is 0.197 e. The number of halogens is 1. The second-order valence-electron chi connectivity index (χ2n) is 4.20. The third-order valence-electron chi connectivity index (χ3n) is 2.96. The van der Waals surface area contributed by atoms with Gasteiger partial charge in [0.1, 0.15) is 5.82 Å². The average molecular weight is 265 g/mol. The van der Waals surface area contributed by atoms with Crippen LogP contribution in [-0.4, -0.2) is 24.0 Å². The van der Waals surface area contributed by atoms with Crippen LogP contribution >= 0.6 is 0 Å². The van der Waals surface area contributed by atoms with Crippen molar-refractivity contribution in [2.24, 2.45) is 7.05 Å². The summed E-state index contributed by atoms with van der Waals surface area (Å²) in [5.74, 6) is 0.402. The van der Waals surface area contributed by atoms with Crippen molar-refractivity contribution in [2.45, 2.75) is 6.92 Å². The van der Waals surface area contributed by atoms with Crippen molar-refractivity contribution >= 4 is 5.82 Å². The number of aromatic nitrogens is 2. The van der Waals surface area contributed by atoms with Crippen molar-refractivity contribution in [2.75, 3.05) is 20.0 Å². The van der Waals surface area contributed by atoms with Gasteiger partial charge < -0.3 is 15.2 Å². The minimum Gasteiger partial charge on any atom is -0.492 e. The molecule has 0 atom stereocenters. The van der Waals surface area contributed by atoms with Crippen LogP contribution in [0.15, 0.2) is 12.1 Å². The van der Waals surface area contributed by atoms with Crippen molar-refractivity contribution in [3.05, 3.63) is 23.5 Å². The monoisotopic (exact) mass is 265 g/mol. The molecule has 1 aromatic carbocycles. The summed E-state index contributed by atoms with van der Waals surface area (Å²) < 4.78 is 26.2. The van der Waals surface area contributed by atoms with E-state index in [1.165, 1.54) is 18.9 Å². The molecule has 0 fully saturated rings. The molecule has 6 heteroatoms. The van der Waals surface area contributed by atoms with Crippen molar-refractivity contribution in [3.63, 3.8) is 0 Å². The van der Waals surface area contributed by atoms with Crippen molar-refractivity contribution < 1.29 is 13.9 Å². The minimum absolute atomic E-state index is 0.0710. The van der Waals surface area contributed by atoms with Crippen LogP contribution in [0.2, 0.25) is 0 Å². The van der Waals surface area contributed by atoms with Gasteiger partial charge in [-0.25, -0.2) is 4.39 Å². The molecule has 0 radical (unpaired) electrons. The molecule has 102 valence electrons. The predicted octanol–water partition coefficient (Wildman–Crippen LogP) is 2.13. The Balaban J connectivity index is 2.68. The molecule has 1 heterocycles. The SMILES string of the molecule is COc1c(C)cc(-c2cc(N)n(C)n2)c(F)c1OC. The molecule has 0 saturated carbocycles. The van der Waals surface area contributed by atoms with Gasteiger partial charge in [0.25, 0.3) is 0 Å². The highest BCUT2D eigenvalue weighted by Gasteiger charge is 2.20. The predicted molar refractivity (Wildman–Crippen MR) is 70.9 cm³/mol. The molecular formula is C13H16FN3O2. The van der Waals surface area contributed by atoms with E-state index in [0.29, 0.717) is 22.8 Å². The summed E-state index contributed by atoms with van der Waals surface area (Å²) >= 11 is 0. The number of ether oxygens (including phenoxy) is 2. The normalized spacial score (nSPS) is 10.6. The summed E-state index contributed by atoms with van der Waals surface area (Å²) in [5, 5.41) is 4.17. The third kappa shape index (κ3) is 2.09. The fraction of sp³-hybridized carbons (Fsp3) is 0.308. The van der Waals surface area contributed by atoms with Gasteiger partial charge in [-0.2, -0.15) is 5.10 Å². The Morgan fingerprint density at radius 2 is 1.84 bits per heavy atom. The second kappa shape index (κ2) is 4.79. The first kappa shape index (κ1) is 13.2. The van der Waals surface area contributed by atoms with E-state index in [2.05, 4.69) is 5.10 Å². The number of rotatable bonds is 3. The zero-order chi connectivity index (χ0) is 14.2. The average Bonchev–Trinajstić information content (AvgIpc) is 2.71. The number of anilines is 1. The number of hydrogen-bond acceptors (Lipinski definition) is 4. The molecule has 2 N–H and O–H groups in total. The molecule has 0 unspecified atom stereocenters. The maximum absolute atomic E-state index is 14.4. The minimum atomic E-state index is -0.511. The van der Waals surface area contributed by atoms with Gasteiger partial charge in [-0.15, -0.1) is 0 Å². The molecule has 0 bridgehead atoms. The van der Waals surface area contributed by atoms with Gasteiger partial charge in [-0.3, -0.25) is 4.68 Å². The number of methoxy groups -OCH3 is 2. The lowest BCUT2D eigenvalue weighted by atomic mass is 10.1. The Bertz CT molecular complexity index is 603. The molecule has 0 spiro atoms. The van der Waals surface area contributed by atoms with E-state index < -0.39 is 5.82 Å².